The number of Topliss-reactive ketones (excluding diaryl/α,β-unsaturated/α-hetero) is 1. The minimum Gasteiger partial charge on any atom is -0.445 e. The van der Waals surface area contributed by atoms with Crippen LogP contribution in [-0.4, -0.2) is 50.9 Å². The van der Waals surface area contributed by atoms with Gasteiger partial charge in [-0.2, -0.15) is 0 Å². The number of aromatic nitrogens is 3. The molecular weight excluding hydrogens is 670 g/mol. The number of amides is 1. The van der Waals surface area contributed by atoms with Crippen molar-refractivity contribution in [3.8, 4) is 22.9 Å². The van der Waals surface area contributed by atoms with E-state index < -0.39 is 0 Å². The Morgan fingerprint density at radius 3 is 2.55 bits per heavy atom. The van der Waals surface area contributed by atoms with Gasteiger partial charge in [-0.3, -0.25) is 4.79 Å². The SMILES string of the molecule is Cc1ccc2c(CC(=O)CC3CCCCC3)c(F)ccc2c1Oc1ncccc1-c1ccnc(N[C@H]2C[C@@H](C)CN(C(=O)OCc3ccccc3)C2)n1. The third kappa shape index (κ3) is 8.81. The van der Waals surface area contributed by atoms with Crippen molar-refractivity contribution in [3.05, 3.63) is 108 Å². The maximum absolute atomic E-state index is 15.3. The number of carbonyl (C=O) groups excluding carboxylic acids is 2. The second kappa shape index (κ2) is 16.5. The Hall–Kier alpha value is -5.38. The summed E-state index contributed by atoms with van der Waals surface area (Å²) in [4.78, 5) is 41.8. The van der Waals surface area contributed by atoms with Crippen LogP contribution in [0, 0.1) is 24.6 Å². The van der Waals surface area contributed by atoms with Crippen molar-refractivity contribution in [2.75, 3.05) is 18.4 Å². The number of anilines is 1. The largest absolute Gasteiger partial charge is 0.445 e. The van der Waals surface area contributed by atoms with E-state index in [-0.39, 0.29) is 42.7 Å². The molecule has 10 heteroatoms. The van der Waals surface area contributed by atoms with Crippen molar-refractivity contribution in [1.29, 1.82) is 0 Å². The molecule has 0 radical (unpaired) electrons. The number of rotatable bonds is 11. The third-order valence-electron chi connectivity index (χ3n) is 10.4. The van der Waals surface area contributed by atoms with E-state index in [9.17, 15) is 9.59 Å². The molecule has 1 amide bonds. The van der Waals surface area contributed by atoms with Crippen LogP contribution in [0.3, 0.4) is 0 Å². The summed E-state index contributed by atoms with van der Waals surface area (Å²) >= 11 is 0. The van der Waals surface area contributed by atoms with Crippen molar-refractivity contribution in [2.45, 2.75) is 77.9 Å². The summed E-state index contributed by atoms with van der Waals surface area (Å²) in [5.41, 5.74) is 3.45. The van der Waals surface area contributed by atoms with Gasteiger partial charge in [-0.25, -0.2) is 24.1 Å². The van der Waals surface area contributed by atoms with Crippen LogP contribution < -0.4 is 10.1 Å². The molecule has 7 rings (SSSR count). The molecule has 2 aliphatic rings. The topological polar surface area (TPSA) is 107 Å². The molecule has 1 aliphatic carbocycles. The number of ether oxygens (including phenoxy) is 2. The highest BCUT2D eigenvalue weighted by Crippen LogP contribution is 2.38. The molecule has 1 N–H and O–H groups in total. The Morgan fingerprint density at radius 1 is 0.906 bits per heavy atom. The number of fused-ring (bicyclic) bond motifs is 1. The number of benzene rings is 3. The molecule has 2 aromatic heterocycles. The second-order valence-electron chi connectivity index (χ2n) is 14.6. The van der Waals surface area contributed by atoms with Crippen molar-refractivity contribution >= 4 is 28.6 Å². The predicted octanol–water partition coefficient (Wildman–Crippen LogP) is 9.47. The van der Waals surface area contributed by atoms with Gasteiger partial charge in [0.1, 0.15) is 24.0 Å². The van der Waals surface area contributed by atoms with Gasteiger partial charge >= 0.3 is 6.09 Å². The molecule has 9 nitrogen and oxygen atoms in total. The Labute approximate surface area is 310 Å². The minimum absolute atomic E-state index is 0.0557. The highest BCUT2D eigenvalue weighted by Gasteiger charge is 2.29. The summed E-state index contributed by atoms with van der Waals surface area (Å²) in [7, 11) is 0. The number of likely N-dealkylation sites (tertiary alicyclic amines) is 1. The zero-order chi connectivity index (χ0) is 36.7. The zero-order valence-electron chi connectivity index (χ0n) is 30.4. The molecule has 2 fully saturated rings. The number of nitrogens with one attached hydrogen (secondary N) is 1. The monoisotopic (exact) mass is 715 g/mol. The highest BCUT2D eigenvalue weighted by molar-refractivity contribution is 5.95. The molecule has 0 spiro atoms. The number of piperidine rings is 1. The highest BCUT2D eigenvalue weighted by atomic mass is 19.1. The average Bonchev–Trinajstić information content (AvgIpc) is 3.17. The summed E-state index contributed by atoms with van der Waals surface area (Å²) in [5.74, 6) is 1.64. The van der Waals surface area contributed by atoms with Crippen LogP contribution in [0.15, 0.2) is 85.2 Å². The van der Waals surface area contributed by atoms with Crippen LogP contribution in [0.25, 0.3) is 22.0 Å². The summed E-state index contributed by atoms with van der Waals surface area (Å²) in [6.45, 7) is 5.35. The number of ketones is 1. The Bertz CT molecular complexity index is 2070. The maximum Gasteiger partial charge on any atom is 0.410 e. The van der Waals surface area contributed by atoms with Crippen LogP contribution in [0.4, 0.5) is 15.1 Å². The van der Waals surface area contributed by atoms with Gasteiger partial charge in [0.25, 0.3) is 0 Å². The first kappa shape index (κ1) is 36.0. The number of aryl methyl sites for hydroxylation is 1. The number of carbonyl (C=O) groups is 2. The van der Waals surface area contributed by atoms with E-state index in [4.69, 9.17) is 14.5 Å². The number of halogens is 1. The Morgan fingerprint density at radius 2 is 1.72 bits per heavy atom. The van der Waals surface area contributed by atoms with Crippen LogP contribution in [-0.2, 0) is 22.6 Å². The van der Waals surface area contributed by atoms with Gasteiger partial charge in [-0.05, 0) is 72.0 Å². The summed E-state index contributed by atoms with van der Waals surface area (Å²) in [6, 6.07) is 22.0. The lowest BCUT2D eigenvalue weighted by Gasteiger charge is -2.36. The van der Waals surface area contributed by atoms with Gasteiger partial charge in [0.05, 0.1) is 11.3 Å². The lowest BCUT2D eigenvalue weighted by Crippen LogP contribution is -2.48. The number of hydrogen-bond donors (Lipinski definition) is 1. The molecule has 2 atom stereocenters. The molecule has 274 valence electrons. The number of nitrogens with zero attached hydrogens (tertiary/aromatic N) is 4. The molecule has 5 aromatic rings. The Balaban J connectivity index is 1.08. The van der Waals surface area contributed by atoms with Crippen LogP contribution in [0.5, 0.6) is 11.6 Å². The molecule has 3 heterocycles. The zero-order valence-corrected chi connectivity index (χ0v) is 30.4. The summed E-state index contributed by atoms with van der Waals surface area (Å²) in [5, 5.41) is 4.81. The van der Waals surface area contributed by atoms with Gasteiger partial charge in [-0.15, -0.1) is 0 Å². The van der Waals surface area contributed by atoms with Crippen molar-refractivity contribution in [2.24, 2.45) is 11.8 Å². The first-order valence-electron chi connectivity index (χ1n) is 18.7. The summed E-state index contributed by atoms with van der Waals surface area (Å²) < 4.78 is 27.5. The molecular formula is C43H46FN5O4. The first-order chi connectivity index (χ1) is 25.8. The molecule has 1 saturated carbocycles. The second-order valence-corrected chi connectivity index (χ2v) is 14.6. The molecule has 3 aromatic carbocycles. The van der Waals surface area contributed by atoms with Crippen molar-refractivity contribution < 1.29 is 23.5 Å². The lowest BCUT2D eigenvalue weighted by molar-refractivity contribution is -0.119. The molecule has 0 bridgehead atoms. The van der Waals surface area contributed by atoms with Crippen molar-refractivity contribution in [3.63, 3.8) is 0 Å². The van der Waals surface area contributed by atoms with E-state index in [0.717, 1.165) is 43.2 Å². The minimum atomic E-state index is -0.386. The molecule has 0 unspecified atom stereocenters. The quantitative estimate of drug-likeness (QED) is 0.144. The van der Waals surface area contributed by atoms with Gasteiger partial charge in [0.15, 0.2) is 0 Å². The standard InChI is InChI=1S/C43H46FN5O4/c1-28-22-32(26-49(25-28)43(51)52-27-31-12-7-4-8-13-31)47-42-46-21-19-39(48-42)36-14-9-20-45-41(36)53-40-29(2)15-16-34-35(40)17-18-38(44)37(34)24-33(50)23-30-10-5-3-6-11-30/h4,7-9,12-21,28,30,32H,3,5-6,10-11,22-27H2,1-2H3,(H,46,47,48)/t28-,32+/m1/s1. The number of pyridine rings is 1. The van der Waals surface area contributed by atoms with Gasteiger partial charge in [0.2, 0.25) is 11.8 Å². The van der Waals surface area contributed by atoms with E-state index in [0.29, 0.717) is 70.6 Å². The van der Waals surface area contributed by atoms with Crippen LogP contribution >= 0.6 is 0 Å². The van der Waals surface area contributed by atoms with Crippen LogP contribution in [0.1, 0.15) is 68.6 Å². The number of hydrogen-bond acceptors (Lipinski definition) is 8. The molecule has 1 aliphatic heterocycles. The molecule has 53 heavy (non-hydrogen) atoms. The fraction of sp³-hybridized carbons (Fsp3) is 0.372. The predicted molar refractivity (Wildman–Crippen MR) is 203 cm³/mol. The smallest absolute Gasteiger partial charge is 0.410 e. The maximum atomic E-state index is 15.3. The van der Waals surface area contributed by atoms with E-state index in [1.54, 1.807) is 29.4 Å². The third-order valence-corrected chi connectivity index (χ3v) is 10.4. The van der Waals surface area contributed by atoms with Gasteiger partial charge in [0, 0.05) is 55.3 Å². The van der Waals surface area contributed by atoms with Crippen molar-refractivity contribution in [1.82, 2.24) is 19.9 Å². The van der Waals surface area contributed by atoms with Gasteiger partial charge in [-0.1, -0.05) is 81.5 Å². The molecule has 1 saturated heterocycles. The lowest BCUT2D eigenvalue weighted by atomic mass is 9.84. The van der Waals surface area contributed by atoms with Crippen LogP contribution in [0.2, 0.25) is 0 Å². The summed E-state index contributed by atoms with van der Waals surface area (Å²) in [6.07, 6.45) is 10.1. The van der Waals surface area contributed by atoms with Gasteiger partial charge < -0.3 is 19.7 Å². The average molecular weight is 716 g/mol. The fourth-order valence-corrected chi connectivity index (χ4v) is 7.76. The van der Waals surface area contributed by atoms with E-state index in [2.05, 4.69) is 22.2 Å². The van der Waals surface area contributed by atoms with E-state index >= 15 is 4.39 Å². The first-order valence-corrected chi connectivity index (χ1v) is 18.7. The van der Waals surface area contributed by atoms with E-state index in [1.165, 1.54) is 12.5 Å². The van der Waals surface area contributed by atoms with E-state index in [1.807, 2.05) is 61.5 Å². The fourth-order valence-electron chi connectivity index (χ4n) is 7.76. The normalized spacial score (nSPS) is 17.8. The Kier molecular flexibility index (Phi) is 11.2.